The van der Waals surface area contributed by atoms with E-state index in [2.05, 4.69) is 14.9 Å². The Hall–Kier alpha value is -1.72. The Bertz CT molecular complexity index is 808. The summed E-state index contributed by atoms with van der Waals surface area (Å²) in [5.74, 6) is 0.839. The van der Waals surface area contributed by atoms with Crippen LogP contribution in [0.15, 0.2) is 61.2 Å². The summed E-state index contributed by atoms with van der Waals surface area (Å²) in [6.07, 6.45) is 6.63. The first-order valence-corrected chi connectivity index (χ1v) is 9.28. The second-order valence-electron chi connectivity index (χ2n) is 6.00. The third-order valence-corrected chi connectivity index (χ3v) is 4.46. The van der Waals surface area contributed by atoms with Crippen LogP contribution in [0.4, 0.5) is 0 Å². The van der Waals surface area contributed by atoms with E-state index in [4.69, 9.17) is 27.9 Å². The van der Waals surface area contributed by atoms with Crippen LogP contribution in [0.5, 0.6) is 5.75 Å². The molecule has 0 amide bonds. The first kappa shape index (κ1) is 21.6. The summed E-state index contributed by atoms with van der Waals surface area (Å²) in [5.41, 5.74) is 2.12. The van der Waals surface area contributed by atoms with Crippen LogP contribution in [-0.4, -0.2) is 16.1 Å². The van der Waals surface area contributed by atoms with Crippen LogP contribution in [0.25, 0.3) is 0 Å². The maximum absolute atomic E-state index is 6.15. The lowest BCUT2D eigenvalue weighted by Gasteiger charge is -2.13. The lowest BCUT2D eigenvalue weighted by atomic mass is 10.2. The molecule has 0 spiro atoms. The number of nitrogens with zero attached hydrogens (tertiary/aromatic N) is 2. The minimum absolute atomic E-state index is 0. The maximum atomic E-state index is 6.15. The van der Waals surface area contributed by atoms with Crippen molar-refractivity contribution in [2.24, 2.45) is 0 Å². The molecule has 27 heavy (non-hydrogen) atoms. The molecule has 4 nitrogen and oxygen atoms in total. The fourth-order valence-corrected chi connectivity index (χ4v) is 2.92. The summed E-state index contributed by atoms with van der Waals surface area (Å²) in [7, 11) is 0. The van der Waals surface area contributed by atoms with Crippen molar-refractivity contribution in [3.05, 3.63) is 82.4 Å². The number of hydrogen-bond acceptors (Lipinski definition) is 3. The number of halogens is 3. The molecule has 0 unspecified atom stereocenters. The van der Waals surface area contributed by atoms with Gasteiger partial charge in [0.05, 0.1) is 6.33 Å². The fourth-order valence-electron chi connectivity index (χ4n) is 2.60. The molecule has 0 aliphatic carbocycles. The van der Waals surface area contributed by atoms with Crippen LogP contribution in [0.2, 0.25) is 10.0 Å². The molecule has 0 radical (unpaired) electrons. The van der Waals surface area contributed by atoms with Gasteiger partial charge in [0.25, 0.3) is 0 Å². The summed E-state index contributed by atoms with van der Waals surface area (Å²) in [6.45, 7) is 3.05. The van der Waals surface area contributed by atoms with Gasteiger partial charge in [-0.25, -0.2) is 4.98 Å². The van der Waals surface area contributed by atoms with E-state index in [1.54, 1.807) is 6.20 Å². The van der Waals surface area contributed by atoms with E-state index in [1.165, 1.54) is 0 Å². The molecule has 0 atom stereocenters. The van der Waals surface area contributed by atoms with Crippen molar-refractivity contribution in [1.29, 1.82) is 0 Å². The molecule has 0 bridgehead atoms. The second kappa shape index (κ2) is 11.2. The lowest BCUT2D eigenvalue weighted by Crippen LogP contribution is -2.17. The summed E-state index contributed by atoms with van der Waals surface area (Å²) in [5, 5.41) is 4.88. The number of rotatable bonds is 9. The molecule has 7 heteroatoms. The summed E-state index contributed by atoms with van der Waals surface area (Å²) >= 11 is 12.1. The topological polar surface area (TPSA) is 39.1 Å². The van der Waals surface area contributed by atoms with Gasteiger partial charge in [-0.2, -0.15) is 0 Å². The van der Waals surface area contributed by atoms with Gasteiger partial charge in [-0.1, -0.05) is 35.3 Å². The quantitative estimate of drug-likeness (QED) is 0.467. The second-order valence-corrected chi connectivity index (χ2v) is 6.87. The number of imidazole rings is 1. The van der Waals surface area contributed by atoms with Gasteiger partial charge >= 0.3 is 0 Å². The van der Waals surface area contributed by atoms with E-state index >= 15 is 0 Å². The molecule has 1 heterocycles. The Morgan fingerprint density at radius 1 is 1.04 bits per heavy atom. The first-order valence-electron chi connectivity index (χ1n) is 8.53. The minimum atomic E-state index is 0. The molecule has 144 valence electrons. The molecule has 1 aromatic heterocycles. The highest BCUT2D eigenvalue weighted by Gasteiger charge is 2.06. The first-order chi connectivity index (χ1) is 12.7. The monoisotopic (exact) mass is 425 g/mol. The highest BCUT2D eigenvalue weighted by molar-refractivity contribution is 6.30. The molecule has 3 rings (SSSR count). The minimum Gasteiger partial charge on any atom is -0.489 e. The van der Waals surface area contributed by atoms with Gasteiger partial charge in [-0.05, 0) is 48.9 Å². The lowest BCUT2D eigenvalue weighted by molar-refractivity contribution is 0.302. The molecule has 3 aromatic rings. The Morgan fingerprint density at radius 2 is 1.81 bits per heavy atom. The van der Waals surface area contributed by atoms with Crippen molar-refractivity contribution < 1.29 is 4.74 Å². The van der Waals surface area contributed by atoms with Gasteiger partial charge < -0.3 is 14.6 Å². The van der Waals surface area contributed by atoms with Crippen molar-refractivity contribution in [1.82, 2.24) is 14.9 Å². The largest absolute Gasteiger partial charge is 0.489 e. The van der Waals surface area contributed by atoms with Gasteiger partial charge in [-0.15, -0.1) is 12.4 Å². The Morgan fingerprint density at radius 3 is 2.56 bits per heavy atom. The summed E-state index contributed by atoms with van der Waals surface area (Å²) in [4.78, 5) is 4.04. The van der Waals surface area contributed by atoms with Crippen LogP contribution < -0.4 is 10.1 Å². The van der Waals surface area contributed by atoms with Crippen molar-refractivity contribution >= 4 is 35.6 Å². The zero-order valence-corrected chi connectivity index (χ0v) is 17.1. The molecule has 1 N–H and O–H groups in total. The average molecular weight is 427 g/mol. The Labute approximate surface area is 175 Å². The Kier molecular flexibility index (Phi) is 8.95. The van der Waals surface area contributed by atoms with Crippen LogP contribution in [0.1, 0.15) is 17.5 Å². The van der Waals surface area contributed by atoms with Crippen molar-refractivity contribution in [3.8, 4) is 5.75 Å². The highest BCUT2D eigenvalue weighted by atomic mass is 35.5. The molecular formula is C20H22Cl3N3O. The smallest absolute Gasteiger partial charge is 0.124 e. The molecule has 0 saturated carbocycles. The number of aromatic nitrogens is 2. The predicted octanol–water partition coefficient (Wildman–Crippen LogP) is 5.37. The molecule has 0 aliphatic heterocycles. The highest BCUT2D eigenvalue weighted by Crippen LogP contribution is 2.24. The van der Waals surface area contributed by atoms with Crippen molar-refractivity contribution in [2.75, 3.05) is 6.54 Å². The number of hydrogen-bond donors (Lipinski definition) is 1. The third kappa shape index (κ3) is 7.07. The van der Waals surface area contributed by atoms with Crippen LogP contribution in [0.3, 0.4) is 0 Å². The SMILES string of the molecule is Cl.Clc1ccc(COc2ccc(Cl)cc2CNCCCn2ccnc2)cc1. The van der Waals surface area contributed by atoms with E-state index < -0.39 is 0 Å². The van der Waals surface area contributed by atoms with E-state index in [9.17, 15) is 0 Å². The van der Waals surface area contributed by atoms with E-state index in [0.717, 1.165) is 41.4 Å². The van der Waals surface area contributed by atoms with Crippen molar-refractivity contribution in [3.63, 3.8) is 0 Å². The third-order valence-electron chi connectivity index (χ3n) is 3.97. The van der Waals surface area contributed by atoms with Gasteiger partial charge in [0.15, 0.2) is 0 Å². The van der Waals surface area contributed by atoms with E-state index in [-0.39, 0.29) is 12.4 Å². The molecular weight excluding hydrogens is 405 g/mol. The Balaban J connectivity index is 0.00000261. The number of ether oxygens (including phenoxy) is 1. The maximum Gasteiger partial charge on any atom is 0.124 e. The standard InChI is InChI=1S/C20H21Cl2N3O.ClH/c21-18-4-2-16(3-5-18)14-26-20-7-6-19(22)12-17(20)13-23-8-1-10-25-11-9-24-15-25;/h2-7,9,11-12,15,23H,1,8,10,13-14H2;1H. The average Bonchev–Trinajstić information content (AvgIpc) is 3.15. The summed E-state index contributed by atoms with van der Waals surface area (Å²) < 4.78 is 8.05. The van der Waals surface area contributed by atoms with Crippen LogP contribution in [-0.2, 0) is 19.7 Å². The van der Waals surface area contributed by atoms with Crippen molar-refractivity contribution in [2.45, 2.75) is 26.1 Å². The van der Waals surface area contributed by atoms with Gasteiger partial charge in [0.1, 0.15) is 12.4 Å². The molecule has 2 aromatic carbocycles. The normalized spacial score (nSPS) is 10.4. The zero-order valence-electron chi connectivity index (χ0n) is 14.8. The van der Waals surface area contributed by atoms with Gasteiger partial charge in [0, 0.05) is 41.1 Å². The van der Waals surface area contributed by atoms with Crippen LogP contribution >= 0.6 is 35.6 Å². The van der Waals surface area contributed by atoms with Gasteiger partial charge in [0.2, 0.25) is 0 Å². The number of aryl methyl sites for hydroxylation is 1. The number of benzene rings is 2. The molecule has 0 fully saturated rings. The van der Waals surface area contributed by atoms with Crippen LogP contribution in [0, 0.1) is 0 Å². The van der Waals surface area contributed by atoms with E-state index in [1.807, 2.05) is 55.0 Å². The zero-order chi connectivity index (χ0) is 18.2. The van der Waals surface area contributed by atoms with E-state index in [0.29, 0.717) is 18.2 Å². The fraction of sp³-hybridized carbons (Fsp3) is 0.250. The molecule has 0 aliphatic rings. The number of nitrogens with one attached hydrogen (secondary N) is 1. The molecule has 0 saturated heterocycles. The summed E-state index contributed by atoms with van der Waals surface area (Å²) in [6, 6.07) is 13.4. The predicted molar refractivity (Wildman–Crippen MR) is 113 cm³/mol. The van der Waals surface area contributed by atoms with Gasteiger partial charge in [-0.3, -0.25) is 0 Å².